The van der Waals surface area contributed by atoms with Gasteiger partial charge in [-0.2, -0.15) is 0 Å². The van der Waals surface area contributed by atoms with Gasteiger partial charge in [0.1, 0.15) is 5.60 Å². The molecule has 0 atom stereocenters. The fourth-order valence-corrected chi connectivity index (χ4v) is 1.80. The van der Waals surface area contributed by atoms with Crippen LogP contribution in [0.25, 0.3) is 0 Å². The van der Waals surface area contributed by atoms with Crippen molar-refractivity contribution < 1.29 is 9.53 Å². The molecule has 2 saturated heterocycles. The van der Waals surface area contributed by atoms with Gasteiger partial charge in [0.15, 0.2) is 0 Å². The maximum atomic E-state index is 11.1. The van der Waals surface area contributed by atoms with Gasteiger partial charge in [0.05, 0.1) is 0 Å². The Balaban J connectivity index is 0.000000199. The largest absolute Gasteiger partial charge is 0.444 e. The number of likely N-dealkylation sites (tertiary alicyclic amines) is 1. The van der Waals surface area contributed by atoms with E-state index < -0.39 is 0 Å². The van der Waals surface area contributed by atoms with Crippen LogP contribution in [0.15, 0.2) is 0 Å². The minimum atomic E-state index is -0.354. The number of carbonyl (C=O) groups excluding carboxylic acids is 1. The van der Waals surface area contributed by atoms with Gasteiger partial charge in [-0.1, -0.05) is 12.8 Å². The molecule has 2 heterocycles. The maximum absolute atomic E-state index is 11.1. The molecule has 0 bridgehead atoms. The summed E-state index contributed by atoms with van der Waals surface area (Å²) in [6.07, 6.45) is 6.59. The lowest BCUT2D eigenvalue weighted by Crippen LogP contribution is -2.44. The summed E-state index contributed by atoms with van der Waals surface area (Å²) in [4.78, 5) is 12.9. The molecule has 0 unspecified atom stereocenters. The second-order valence-electron chi connectivity index (χ2n) is 5.99. The Morgan fingerprint density at radius 3 is 1.94 bits per heavy atom. The summed E-state index contributed by atoms with van der Waals surface area (Å²) in [5.74, 6) is 0. The number of amides is 1. The Hall–Kier alpha value is -0.770. The van der Waals surface area contributed by atoms with Gasteiger partial charge in [0.25, 0.3) is 0 Å². The number of hydrogen-bond donors (Lipinski definition) is 1. The molecule has 0 aromatic rings. The molecule has 2 fully saturated rings. The summed E-state index contributed by atoms with van der Waals surface area (Å²) in [7, 11) is 0. The average molecular weight is 256 g/mol. The number of rotatable bonds is 0. The summed E-state index contributed by atoms with van der Waals surface area (Å²) >= 11 is 0. The highest BCUT2D eigenvalue weighted by Crippen LogP contribution is 2.13. The summed E-state index contributed by atoms with van der Waals surface area (Å²) in [6.45, 7) is 9.85. The van der Waals surface area contributed by atoms with Crippen molar-refractivity contribution in [2.75, 3.05) is 26.2 Å². The third kappa shape index (κ3) is 6.84. The summed E-state index contributed by atoms with van der Waals surface area (Å²) < 4.78 is 5.13. The van der Waals surface area contributed by atoms with Gasteiger partial charge in [-0.25, -0.2) is 4.79 Å². The van der Waals surface area contributed by atoms with Crippen molar-refractivity contribution in [1.29, 1.82) is 0 Å². The average Bonchev–Trinajstić information content (AvgIpc) is 2.42. The third-order valence-corrected chi connectivity index (χ3v) is 2.96. The van der Waals surface area contributed by atoms with Crippen LogP contribution in [-0.2, 0) is 4.74 Å². The third-order valence-electron chi connectivity index (χ3n) is 2.96. The Kier molecular flexibility index (Phi) is 6.47. The van der Waals surface area contributed by atoms with Gasteiger partial charge < -0.3 is 15.0 Å². The van der Waals surface area contributed by atoms with Crippen LogP contribution in [0.1, 0.15) is 52.9 Å². The van der Waals surface area contributed by atoms with Gasteiger partial charge >= 0.3 is 6.09 Å². The molecule has 0 aliphatic carbocycles. The minimum Gasteiger partial charge on any atom is -0.444 e. The lowest BCUT2D eigenvalue weighted by atomic mass is 10.2. The molecule has 0 radical (unpaired) electrons. The van der Waals surface area contributed by atoms with Gasteiger partial charge in [-0.15, -0.1) is 0 Å². The maximum Gasteiger partial charge on any atom is 0.410 e. The lowest BCUT2D eigenvalue weighted by molar-refractivity contribution is 0.0131. The highest BCUT2D eigenvalue weighted by Gasteiger charge is 2.25. The highest BCUT2D eigenvalue weighted by atomic mass is 16.6. The smallest absolute Gasteiger partial charge is 0.410 e. The van der Waals surface area contributed by atoms with Crippen molar-refractivity contribution in [3.8, 4) is 0 Å². The van der Waals surface area contributed by atoms with E-state index in [9.17, 15) is 4.79 Å². The second-order valence-corrected chi connectivity index (χ2v) is 5.99. The van der Waals surface area contributed by atoms with Crippen LogP contribution in [0.3, 0.4) is 0 Å². The van der Waals surface area contributed by atoms with E-state index in [0.717, 1.165) is 19.5 Å². The van der Waals surface area contributed by atoms with E-state index in [1.807, 2.05) is 20.8 Å². The van der Waals surface area contributed by atoms with Crippen LogP contribution >= 0.6 is 0 Å². The van der Waals surface area contributed by atoms with E-state index >= 15 is 0 Å². The van der Waals surface area contributed by atoms with Crippen molar-refractivity contribution in [1.82, 2.24) is 10.2 Å². The molecule has 2 aliphatic rings. The van der Waals surface area contributed by atoms with Gasteiger partial charge in [-0.3, -0.25) is 0 Å². The van der Waals surface area contributed by atoms with Crippen LogP contribution in [0.2, 0.25) is 0 Å². The van der Waals surface area contributed by atoms with Gasteiger partial charge in [-0.05, 0) is 53.1 Å². The normalized spacial score (nSPS) is 20.1. The monoisotopic (exact) mass is 256 g/mol. The number of ether oxygens (including phenoxy) is 1. The van der Waals surface area contributed by atoms with E-state index in [-0.39, 0.29) is 11.7 Å². The van der Waals surface area contributed by atoms with Crippen molar-refractivity contribution in [2.45, 2.75) is 58.5 Å². The molecular formula is C14H28N2O2. The van der Waals surface area contributed by atoms with E-state index in [0.29, 0.717) is 0 Å². The first-order valence-corrected chi connectivity index (χ1v) is 7.18. The highest BCUT2D eigenvalue weighted by molar-refractivity contribution is 5.68. The molecule has 1 amide bonds. The lowest BCUT2D eigenvalue weighted by Gasteiger charge is -2.32. The fourth-order valence-electron chi connectivity index (χ4n) is 1.80. The molecular weight excluding hydrogens is 228 g/mol. The first-order chi connectivity index (χ1) is 8.49. The molecule has 18 heavy (non-hydrogen) atoms. The van der Waals surface area contributed by atoms with Crippen LogP contribution in [0.5, 0.6) is 0 Å². The standard InChI is InChI=1S/C8H15NO2.C6H13N/c1-8(2,3)11-7(10)9-5-4-6-9;1-2-4-6-7-5-3-1/h4-6H2,1-3H3;7H,1-6H2. The zero-order valence-corrected chi connectivity index (χ0v) is 12.1. The van der Waals surface area contributed by atoms with Crippen molar-refractivity contribution in [3.63, 3.8) is 0 Å². The predicted molar refractivity (Wildman–Crippen MR) is 73.8 cm³/mol. The zero-order chi connectivity index (χ0) is 13.4. The summed E-state index contributed by atoms with van der Waals surface area (Å²) in [6, 6.07) is 0. The molecule has 2 aliphatic heterocycles. The first kappa shape index (κ1) is 15.3. The Morgan fingerprint density at radius 2 is 1.56 bits per heavy atom. The van der Waals surface area contributed by atoms with E-state index in [4.69, 9.17) is 4.74 Å². The SMILES string of the molecule is C1CCCNCC1.CC(C)(C)OC(=O)N1CCC1. The Morgan fingerprint density at radius 1 is 1.00 bits per heavy atom. The van der Waals surface area contributed by atoms with Gasteiger partial charge in [0.2, 0.25) is 0 Å². The molecule has 2 rings (SSSR count). The van der Waals surface area contributed by atoms with E-state index in [2.05, 4.69) is 5.32 Å². The van der Waals surface area contributed by atoms with Crippen LogP contribution < -0.4 is 5.32 Å². The predicted octanol–water partition coefficient (Wildman–Crippen LogP) is 2.78. The molecule has 0 spiro atoms. The Bertz CT molecular complexity index is 225. The minimum absolute atomic E-state index is 0.177. The molecule has 0 saturated carbocycles. The topological polar surface area (TPSA) is 41.6 Å². The van der Waals surface area contributed by atoms with Crippen LogP contribution in [0, 0.1) is 0 Å². The molecule has 4 heteroatoms. The molecule has 1 N–H and O–H groups in total. The number of hydrogen-bond acceptors (Lipinski definition) is 3. The van der Waals surface area contributed by atoms with E-state index in [1.54, 1.807) is 4.90 Å². The van der Waals surface area contributed by atoms with Gasteiger partial charge in [0, 0.05) is 13.1 Å². The summed E-state index contributed by atoms with van der Waals surface area (Å²) in [5, 5.41) is 3.35. The number of carbonyl (C=O) groups is 1. The first-order valence-electron chi connectivity index (χ1n) is 7.18. The van der Waals surface area contributed by atoms with Crippen molar-refractivity contribution in [2.24, 2.45) is 0 Å². The van der Waals surface area contributed by atoms with E-state index in [1.165, 1.54) is 38.8 Å². The zero-order valence-electron chi connectivity index (χ0n) is 12.1. The Labute approximate surface area is 111 Å². The quantitative estimate of drug-likeness (QED) is 0.724. The summed E-state index contributed by atoms with van der Waals surface area (Å²) in [5.41, 5.74) is -0.354. The van der Waals surface area contributed by atoms with Crippen LogP contribution in [-0.4, -0.2) is 42.8 Å². The molecule has 106 valence electrons. The fraction of sp³-hybridized carbons (Fsp3) is 0.929. The molecule has 0 aromatic carbocycles. The number of nitrogens with one attached hydrogen (secondary N) is 1. The van der Waals surface area contributed by atoms with Crippen LogP contribution in [0.4, 0.5) is 4.79 Å². The molecule has 0 aromatic heterocycles. The van der Waals surface area contributed by atoms with Crippen molar-refractivity contribution >= 4 is 6.09 Å². The van der Waals surface area contributed by atoms with Crippen molar-refractivity contribution in [3.05, 3.63) is 0 Å². The second kappa shape index (κ2) is 7.62. The number of nitrogens with zero attached hydrogens (tertiary/aromatic N) is 1. The molecule has 4 nitrogen and oxygen atoms in total.